The van der Waals surface area contributed by atoms with Crippen LogP contribution in [0.15, 0.2) is 108 Å². The number of nitro groups is 1. The molecule has 2 aliphatic carbocycles. The zero-order chi connectivity index (χ0) is 50.4. The van der Waals surface area contributed by atoms with E-state index in [0.29, 0.717) is 49.0 Å². The lowest BCUT2D eigenvalue weighted by Gasteiger charge is -2.63. The fourth-order valence-corrected chi connectivity index (χ4v) is 12.8. The zero-order valence-electron chi connectivity index (χ0n) is 41.7. The van der Waals surface area contributed by atoms with Gasteiger partial charge in [0.2, 0.25) is 0 Å². The summed E-state index contributed by atoms with van der Waals surface area (Å²) in [5, 5.41) is 16.1. The van der Waals surface area contributed by atoms with Gasteiger partial charge in [0.1, 0.15) is 28.6 Å². The van der Waals surface area contributed by atoms with E-state index < -0.39 is 31.4 Å². The number of aromatic nitrogens is 2. The molecule has 11 rings (SSSR count). The van der Waals surface area contributed by atoms with E-state index in [2.05, 4.69) is 91.0 Å². The molecular formula is C56H64N8O8S. The third-order valence-electron chi connectivity index (χ3n) is 15.9. The highest BCUT2D eigenvalue weighted by atomic mass is 32.2. The van der Waals surface area contributed by atoms with E-state index in [9.17, 15) is 23.3 Å². The number of nitrogens with one attached hydrogen (secondary N) is 3. The summed E-state index contributed by atoms with van der Waals surface area (Å²) in [6.45, 7) is 11.8. The Morgan fingerprint density at radius 1 is 0.945 bits per heavy atom. The molecule has 17 heteroatoms. The summed E-state index contributed by atoms with van der Waals surface area (Å²) in [5.74, 6) is 1.89. The first-order valence-electron chi connectivity index (χ1n) is 25.7. The third kappa shape index (κ3) is 10.2. The van der Waals surface area contributed by atoms with E-state index in [1.165, 1.54) is 47.2 Å². The summed E-state index contributed by atoms with van der Waals surface area (Å²) < 4.78 is 47.5. The molecule has 2 aromatic heterocycles. The molecular weight excluding hydrogens is 945 g/mol. The summed E-state index contributed by atoms with van der Waals surface area (Å²) >= 11 is 0. The number of fused-ring (bicyclic) bond motifs is 1. The number of carbonyl (C=O) groups excluding carboxylic acids is 1. The van der Waals surface area contributed by atoms with Gasteiger partial charge in [-0.15, -0.1) is 0 Å². The van der Waals surface area contributed by atoms with E-state index in [1.54, 1.807) is 37.7 Å². The Morgan fingerprint density at radius 3 is 2.52 bits per heavy atom. The molecule has 2 saturated carbocycles. The van der Waals surface area contributed by atoms with Crippen molar-refractivity contribution in [1.82, 2.24) is 24.5 Å². The highest BCUT2D eigenvalue weighted by Crippen LogP contribution is 2.54. The van der Waals surface area contributed by atoms with E-state index in [0.717, 1.165) is 87.8 Å². The van der Waals surface area contributed by atoms with Crippen LogP contribution in [0.5, 0.6) is 17.2 Å². The number of hydrogen-bond acceptors (Lipinski definition) is 13. The normalized spacial score (nSPS) is 19.7. The number of H-pyrrole nitrogens is 1. The molecule has 4 aromatic carbocycles. The van der Waals surface area contributed by atoms with Gasteiger partial charge in [-0.3, -0.25) is 24.7 Å². The minimum Gasteiger partial charge on any atom is -0.496 e. The predicted octanol–water partition coefficient (Wildman–Crippen LogP) is 9.76. The number of methoxy groups -OCH3 is 1. The zero-order valence-corrected chi connectivity index (χ0v) is 42.5. The number of sulfonamides is 1. The van der Waals surface area contributed by atoms with Crippen LogP contribution in [0.25, 0.3) is 11.0 Å². The SMILES string of the molecule is COc1cc(CN2CCN(C3CC4(C3)CN(c3ccc(C(=O)NS(=O)(=O)c5ccc(NCC6CCOCC6)c([N+](=O)[O-])c5)c(Oc5cnc6[nH]ccc6c5)c3)C4)C(c3ccccc3C(C)C)C2)ccc1C1CC1. The van der Waals surface area contributed by atoms with Gasteiger partial charge in [-0.1, -0.05) is 50.2 Å². The second-order valence-electron chi connectivity index (χ2n) is 21.2. The number of amides is 1. The highest BCUT2D eigenvalue weighted by Gasteiger charge is 2.55. The van der Waals surface area contributed by atoms with Gasteiger partial charge >= 0.3 is 0 Å². The lowest BCUT2D eigenvalue weighted by atomic mass is 9.59. The van der Waals surface area contributed by atoms with Crippen molar-refractivity contribution in [3.8, 4) is 17.2 Å². The summed E-state index contributed by atoms with van der Waals surface area (Å²) in [7, 11) is -2.78. The standard InChI is InChI=1S/C56H64N8O8S/c1-36(2)45-6-4-5-7-47(45)51-33-61(32-38-8-13-46(39-9-10-39)52(24-38)70-3)20-21-63(51)42-28-56(29-42)34-62(35-56)41-11-14-48(53(26-41)72-43-25-40-16-19-57-54(40)59-31-43)55(65)60-73(68,69)44-12-15-49(50(27-44)64(66)67)58-30-37-17-22-71-23-18-37/h4-8,11-16,19,24-27,31,36-37,39,42,51,58H,9-10,17-18,20-23,28-30,32-35H2,1-3H3,(H,57,59)(H,60,65). The maximum absolute atomic E-state index is 14.1. The molecule has 3 N–H and O–H groups in total. The molecule has 16 nitrogen and oxygen atoms in total. The van der Waals surface area contributed by atoms with Crippen molar-refractivity contribution >= 4 is 44.0 Å². The quantitative estimate of drug-likeness (QED) is 0.0580. The van der Waals surface area contributed by atoms with Crippen molar-refractivity contribution < 1.29 is 32.3 Å². The van der Waals surface area contributed by atoms with Crippen LogP contribution < -0.4 is 24.4 Å². The summed E-state index contributed by atoms with van der Waals surface area (Å²) in [5.41, 5.74) is 6.88. The van der Waals surface area contributed by atoms with Crippen LogP contribution in [0.1, 0.15) is 103 Å². The lowest BCUT2D eigenvalue weighted by Crippen LogP contribution is -2.68. The summed E-state index contributed by atoms with van der Waals surface area (Å²) in [6.07, 6.45) is 9.61. The molecule has 1 spiro atoms. The number of carbonyl (C=O) groups is 1. The fourth-order valence-electron chi connectivity index (χ4n) is 11.8. The molecule has 5 fully saturated rings. The minimum atomic E-state index is -4.57. The molecule has 1 unspecified atom stereocenters. The van der Waals surface area contributed by atoms with Crippen LogP contribution in [0, 0.1) is 21.4 Å². The Hall–Kier alpha value is -6.53. The van der Waals surface area contributed by atoms with Crippen molar-refractivity contribution in [1.29, 1.82) is 0 Å². The topological polar surface area (TPSA) is 184 Å². The monoisotopic (exact) mass is 1010 g/mol. The van der Waals surface area contributed by atoms with Crippen LogP contribution in [-0.2, 0) is 21.3 Å². The van der Waals surface area contributed by atoms with E-state index in [4.69, 9.17) is 14.2 Å². The number of benzene rings is 4. The fraction of sp³-hybridized carbons (Fsp3) is 0.429. The number of piperazine rings is 1. The molecule has 0 radical (unpaired) electrons. The Bertz CT molecular complexity index is 3140. The summed E-state index contributed by atoms with van der Waals surface area (Å²) in [6, 6.07) is 29.0. The Labute approximate surface area is 426 Å². The van der Waals surface area contributed by atoms with Gasteiger partial charge in [-0.25, -0.2) is 18.1 Å². The highest BCUT2D eigenvalue weighted by molar-refractivity contribution is 7.90. The number of nitrogens with zero attached hydrogens (tertiary/aromatic N) is 5. The van der Waals surface area contributed by atoms with Gasteiger partial charge < -0.3 is 29.4 Å². The number of rotatable bonds is 17. The van der Waals surface area contributed by atoms with Crippen molar-refractivity contribution in [2.75, 3.05) is 69.8 Å². The first kappa shape index (κ1) is 48.7. The number of anilines is 2. The van der Waals surface area contributed by atoms with Gasteiger partial charge in [0, 0.05) is 106 Å². The smallest absolute Gasteiger partial charge is 0.293 e. The van der Waals surface area contributed by atoms with Gasteiger partial charge in [0.15, 0.2) is 0 Å². The molecule has 6 aromatic rings. The minimum absolute atomic E-state index is 0.0223. The lowest BCUT2D eigenvalue weighted by molar-refractivity contribution is -0.384. The maximum atomic E-state index is 14.1. The number of ether oxygens (including phenoxy) is 3. The molecule has 73 heavy (non-hydrogen) atoms. The van der Waals surface area contributed by atoms with Gasteiger partial charge in [0.25, 0.3) is 21.6 Å². The van der Waals surface area contributed by atoms with Gasteiger partial charge in [-0.05, 0) is 121 Å². The van der Waals surface area contributed by atoms with E-state index in [-0.39, 0.29) is 34.4 Å². The van der Waals surface area contributed by atoms with Gasteiger partial charge in [-0.2, -0.15) is 0 Å². The molecule has 3 saturated heterocycles. The first-order chi connectivity index (χ1) is 35.3. The van der Waals surface area contributed by atoms with Crippen molar-refractivity contribution in [2.24, 2.45) is 11.3 Å². The van der Waals surface area contributed by atoms with Crippen molar-refractivity contribution in [2.45, 2.75) is 87.7 Å². The Morgan fingerprint density at radius 2 is 1.75 bits per heavy atom. The van der Waals surface area contributed by atoms with Crippen LogP contribution >= 0.6 is 0 Å². The Kier molecular flexibility index (Phi) is 13.4. The molecule has 0 bridgehead atoms. The number of pyridine rings is 1. The molecule has 1 amide bonds. The largest absolute Gasteiger partial charge is 0.496 e. The second-order valence-corrected chi connectivity index (χ2v) is 22.9. The molecule has 382 valence electrons. The molecule has 5 aliphatic rings. The van der Waals surface area contributed by atoms with Crippen molar-refractivity contribution in [3.63, 3.8) is 0 Å². The van der Waals surface area contributed by atoms with Crippen LogP contribution in [0.4, 0.5) is 17.1 Å². The van der Waals surface area contributed by atoms with Crippen LogP contribution in [0.2, 0.25) is 0 Å². The third-order valence-corrected chi connectivity index (χ3v) is 17.2. The summed E-state index contributed by atoms with van der Waals surface area (Å²) in [4.78, 5) is 40.4. The average Bonchev–Trinajstić information content (AvgIpc) is 4.11. The first-order valence-corrected chi connectivity index (χ1v) is 27.2. The maximum Gasteiger partial charge on any atom is 0.293 e. The van der Waals surface area contributed by atoms with Gasteiger partial charge in [0.05, 0.1) is 28.7 Å². The van der Waals surface area contributed by atoms with E-state index >= 15 is 0 Å². The molecule has 3 aliphatic heterocycles. The van der Waals surface area contributed by atoms with E-state index in [1.807, 2.05) is 12.1 Å². The molecule has 1 atom stereocenters. The average molecular weight is 1010 g/mol. The van der Waals surface area contributed by atoms with Crippen LogP contribution in [-0.4, -0.2) is 105 Å². The predicted molar refractivity (Wildman–Crippen MR) is 280 cm³/mol. The Balaban J connectivity index is 0.791. The second kappa shape index (κ2) is 20.1. The number of hydrogen-bond donors (Lipinski definition) is 3. The molecule has 5 heterocycles. The van der Waals surface area contributed by atoms with Crippen LogP contribution in [0.3, 0.4) is 0 Å². The number of nitro benzene ring substituents is 1. The van der Waals surface area contributed by atoms with Crippen molar-refractivity contribution in [3.05, 3.63) is 141 Å². The number of aromatic amines is 1.